The molecule has 5 heteroatoms. The van der Waals surface area contributed by atoms with Gasteiger partial charge in [0.15, 0.2) is 0 Å². The van der Waals surface area contributed by atoms with Gasteiger partial charge >= 0.3 is 0 Å². The van der Waals surface area contributed by atoms with E-state index in [-0.39, 0.29) is 0 Å². The topological polar surface area (TPSA) is 38.6 Å². The van der Waals surface area contributed by atoms with E-state index in [4.69, 9.17) is 9.40 Å². The number of para-hydroxylation sites is 2. The fourth-order valence-electron chi connectivity index (χ4n) is 11.9. The maximum Gasteiger partial charge on any atom is 0.248 e. The predicted octanol–water partition coefficient (Wildman–Crippen LogP) is 16.3. The van der Waals surface area contributed by atoms with Gasteiger partial charge in [-0.3, -0.25) is 8.97 Å². The van der Waals surface area contributed by atoms with Crippen LogP contribution in [0.5, 0.6) is 0 Å². The van der Waals surface area contributed by atoms with Crippen LogP contribution in [0.4, 0.5) is 17.1 Å². The number of imidazole rings is 2. The summed E-state index contributed by atoms with van der Waals surface area (Å²) in [6.45, 7) is 0. The fraction of sp³-hybridized carbons (Fsp3) is 0.0156. The number of anilines is 3. The summed E-state index contributed by atoms with van der Waals surface area (Å²) in [4.78, 5) is 7.56. The Bertz CT molecular complexity index is 4130. The number of hydrogen-bond acceptors (Lipinski definition) is 3. The summed E-state index contributed by atoms with van der Waals surface area (Å²) in [6, 6.07) is 88.3. The van der Waals surface area contributed by atoms with Crippen molar-refractivity contribution in [1.29, 1.82) is 0 Å². The van der Waals surface area contributed by atoms with Gasteiger partial charge in [-0.25, -0.2) is 0 Å². The molecular formula is C64H40N4O. The molecular weight excluding hydrogens is 841 g/mol. The molecule has 1 spiro atoms. The molecule has 0 atom stereocenters. The van der Waals surface area contributed by atoms with Crippen LogP contribution in [-0.2, 0) is 5.41 Å². The summed E-state index contributed by atoms with van der Waals surface area (Å²) in [5.74, 6) is 0.803. The molecule has 3 aromatic heterocycles. The molecule has 0 radical (unpaired) electrons. The van der Waals surface area contributed by atoms with Crippen LogP contribution in [0, 0.1) is 0 Å². The van der Waals surface area contributed by atoms with E-state index in [0.29, 0.717) is 5.71 Å². The number of nitrogens with zero attached hydrogens (tertiary/aromatic N) is 4. The molecule has 0 N–H and O–H groups in total. The van der Waals surface area contributed by atoms with Crippen molar-refractivity contribution in [2.24, 2.45) is 0 Å². The minimum atomic E-state index is -0.420. The van der Waals surface area contributed by atoms with Crippen LogP contribution in [-0.4, -0.2) is 14.0 Å². The molecule has 2 aliphatic rings. The van der Waals surface area contributed by atoms with E-state index in [0.717, 1.165) is 61.6 Å². The van der Waals surface area contributed by atoms with Crippen molar-refractivity contribution >= 4 is 56.1 Å². The molecule has 69 heavy (non-hydrogen) atoms. The highest BCUT2D eigenvalue weighted by atomic mass is 16.3. The Morgan fingerprint density at radius 2 is 0.942 bits per heavy atom. The molecule has 5 nitrogen and oxygen atoms in total. The van der Waals surface area contributed by atoms with Gasteiger partial charge in [-0.05, 0) is 140 Å². The van der Waals surface area contributed by atoms with Gasteiger partial charge in [0.25, 0.3) is 0 Å². The van der Waals surface area contributed by atoms with Gasteiger partial charge in [0.1, 0.15) is 11.1 Å². The zero-order valence-electron chi connectivity index (χ0n) is 37.3. The summed E-state index contributed by atoms with van der Waals surface area (Å²) in [5.41, 5.74) is 23.5. The van der Waals surface area contributed by atoms with Gasteiger partial charge in [0.2, 0.25) is 11.5 Å². The highest BCUT2D eigenvalue weighted by Crippen LogP contribution is 2.63. The van der Waals surface area contributed by atoms with E-state index in [2.05, 4.69) is 244 Å². The summed E-state index contributed by atoms with van der Waals surface area (Å²) >= 11 is 0. The second-order valence-corrected chi connectivity index (χ2v) is 18.3. The lowest BCUT2D eigenvalue weighted by Gasteiger charge is -2.30. The smallest absolute Gasteiger partial charge is 0.248 e. The largest absolute Gasteiger partial charge is 0.436 e. The molecule has 0 bridgehead atoms. The molecule has 0 aliphatic heterocycles. The Balaban J connectivity index is 0.932. The molecule has 13 aromatic rings. The summed E-state index contributed by atoms with van der Waals surface area (Å²) in [5, 5.41) is 1.04. The van der Waals surface area contributed by atoms with E-state index in [9.17, 15) is 0 Å². The number of fused-ring (bicyclic) bond motifs is 17. The van der Waals surface area contributed by atoms with Crippen LogP contribution in [0.3, 0.4) is 0 Å². The summed E-state index contributed by atoms with van der Waals surface area (Å²) < 4.78 is 10.9. The molecule has 0 saturated carbocycles. The monoisotopic (exact) mass is 880 g/mol. The Hall–Kier alpha value is -9.19. The Labute approximate surface area is 398 Å². The lowest BCUT2D eigenvalue weighted by atomic mass is 9.70. The molecule has 15 rings (SSSR count). The second-order valence-electron chi connectivity index (χ2n) is 18.3. The maximum atomic E-state index is 6.35. The minimum absolute atomic E-state index is 0.420. The minimum Gasteiger partial charge on any atom is -0.436 e. The standard InChI is InChI=1S/C64H40N4O/c1-3-16-41(17-4-1)42-30-33-46(34-31-42)66(48-35-37-58-59(40-48)67(45-19-5-2-6-20-45)63-65-62-61(68(58)63)53-25-10-14-29-60(53)69-62)47-21-15-18-43(38-47)44-32-36-52-51-24-9-13-28-56(51)64(57(52)39-44)54-26-11-7-22-49(54)50-23-8-12-27-55(50)64/h1-40H. The predicted molar refractivity (Wildman–Crippen MR) is 281 cm³/mol. The molecule has 0 fully saturated rings. The van der Waals surface area contributed by atoms with Crippen LogP contribution in [0.2, 0.25) is 0 Å². The Kier molecular flexibility index (Phi) is 7.93. The number of hydrogen-bond donors (Lipinski definition) is 0. The second kappa shape index (κ2) is 14.4. The Morgan fingerprint density at radius 1 is 0.391 bits per heavy atom. The van der Waals surface area contributed by atoms with Crippen LogP contribution in [0.1, 0.15) is 22.3 Å². The van der Waals surface area contributed by atoms with E-state index < -0.39 is 5.41 Å². The molecule has 10 aromatic carbocycles. The normalized spacial score (nSPS) is 13.0. The number of benzene rings is 10. The summed E-state index contributed by atoms with van der Waals surface area (Å²) in [7, 11) is 0. The highest BCUT2D eigenvalue weighted by Gasteiger charge is 2.51. The van der Waals surface area contributed by atoms with E-state index in [1.807, 2.05) is 12.1 Å². The van der Waals surface area contributed by atoms with Crippen molar-refractivity contribution < 1.29 is 4.42 Å². The SMILES string of the molecule is c1ccc(-c2ccc(N(c3cccc(-c4ccc5c(c4)C4(c6ccccc6-c6ccccc64)c4ccccc4-5)c3)c3ccc4c(c3)n(-c3ccccc3)c3nc5oc6ccccc6c5n43)cc2)cc1. The van der Waals surface area contributed by atoms with E-state index >= 15 is 0 Å². The van der Waals surface area contributed by atoms with Crippen LogP contribution in [0.15, 0.2) is 247 Å². The number of rotatable bonds is 6. The van der Waals surface area contributed by atoms with Crippen LogP contribution in [0.25, 0.3) is 89.2 Å². The maximum absolute atomic E-state index is 6.35. The first kappa shape index (κ1) is 38.0. The van der Waals surface area contributed by atoms with E-state index in [1.165, 1.54) is 61.2 Å². The van der Waals surface area contributed by atoms with Crippen molar-refractivity contribution in [3.05, 3.63) is 265 Å². The van der Waals surface area contributed by atoms with Crippen molar-refractivity contribution in [1.82, 2.24) is 14.0 Å². The molecule has 0 unspecified atom stereocenters. The highest BCUT2D eigenvalue weighted by molar-refractivity contribution is 6.06. The average molecular weight is 881 g/mol. The van der Waals surface area contributed by atoms with Crippen LogP contribution < -0.4 is 4.90 Å². The third kappa shape index (κ3) is 5.32. The quantitative estimate of drug-likeness (QED) is 0.167. The van der Waals surface area contributed by atoms with Crippen molar-refractivity contribution in [3.63, 3.8) is 0 Å². The molecule has 322 valence electrons. The lowest BCUT2D eigenvalue weighted by Crippen LogP contribution is -2.25. The third-order valence-corrected chi connectivity index (χ3v) is 14.8. The van der Waals surface area contributed by atoms with Crippen molar-refractivity contribution in [2.45, 2.75) is 5.41 Å². The first-order valence-electron chi connectivity index (χ1n) is 23.6. The summed E-state index contributed by atoms with van der Waals surface area (Å²) in [6.07, 6.45) is 0. The fourth-order valence-corrected chi connectivity index (χ4v) is 11.9. The van der Waals surface area contributed by atoms with Gasteiger partial charge in [-0.1, -0.05) is 170 Å². The Morgan fingerprint density at radius 3 is 1.67 bits per heavy atom. The third-order valence-electron chi connectivity index (χ3n) is 14.8. The average Bonchev–Trinajstić information content (AvgIpc) is 4.20. The van der Waals surface area contributed by atoms with Crippen molar-refractivity contribution in [2.75, 3.05) is 4.90 Å². The van der Waals surface area contributed by atoms with Gasteiger partial charge in [-0.2, -0.15) is 4.98 Å². The van der Waals surface area contributed by atoms with Gasteiger partial charge < -0.3 is 9.32 Å². The van der Waals surface area contributed by atoms with Gasteiger partial charge in [0.05, 0.1) is 16.4 Å². The number of aromatic nitrogens is 3. The zero-order chi connectivity index (χ0) is 45.2. The van der Waals surface area contributed by atoms with Gasteiger partial charge in [0, 0.05) is 28.1 Å². The van der Waals surface area contributed by atoms with E-state index in [1.54, 1.807) is 0 Å². The lowest BCUT2D eigenvalue weighted by molar-refractivity contribution is 0.656. The first-order chi connectivity index (χ1) is 34.2. The van der Waals surface area contributed by atoms with Gasteiger partial charge in [-0.15, -0.1) is 0 Å². The number of furan rings is 1. The van der Waals surface area contributed by atoms with Crippen molar-refractivity contribution in [3.8, 4) is 50.2 Å². The zero-order valence-corrected chi connectivity index (χ0v) is 37.3. The molecule has 3 heterocycles. The molecule has 2 aliphatic carbocycles. The molecule has 0 amide bonds. The first-order valence-corrected chi connectivity index (χ1v) is 23.6. The molecule has 0 saturated heterocycles. The van der Waals surface area contributed by atoms with Crippen LogP contribution >= 0.6 is 0 Å².